The molecule has 4 saturated carbocycles. The van der Waals surface area contributed by atoms with Crippen molar-refractivity contribution in [2.45, 2.75) is 119 Å². The van der Waals surface area contributed by atoms with Crippen LogP contribution in [-0.4, -0.2) is 104 Å². The fourth-order valence-corrected chi connectivity index (χ4v) is 9.74. The van der Waals surface area contributed by atoms with Gasteiger partial charge >= 0.3 is 5.97 Å². The van der Waals surface area contributed by atoms with Crippen molar-refractivity contribution in [3.8, 4) is 0 Å². The molecule has 6 aliphatic rings. The minimum Gasteiger partial charge on any atom is -0.458 e. The van der Waals surface area contributed by atoms with E-state index in [1.807, 2.05) is 6.92 Å². The van der Waals surface area contributed by atoms with E-state index in [2.05, 4.69) is 0 Å². The molecule has 0 aromatic carbocycles. The molecular weight excluding hydrogens is 524 g/mol. The second-order valence-electron chi connectivity index (χ2n) is 13.5. The van der Waals surface area contributed by atoms with Crippen LogP contribution < -0.4 is 0 Å². The highest BCUT2D eigenvalue weighted by Gasteiger charge is 2.74. The van der Waals surface area contributed by atoms with Crippen molar-refractivity contribution in [1.82, 2.24) is 0 Å². The van der Waals surface area contributed by atoms with E-state index in [0.29, 0.717) is 25.7 Å². The Morgan fingerprint density at radius 1 is 1.00 bits per heavy atom. The number of aldehydes is 1. The Morgan fingerprint density at radius 2 is 1.75 bits per heavy atom. The maximum Gasteiger partial charge on any atom is 0.331 e. The van der Waals surface area contributed by atoms with Crippen LogP contribution in [-0.2, 0) is 23.8 Å². The maximum absolute atomic E-state index is 13.0. The largest absolute Gasteiger partial charge is 0.458 e. The minimum atomic E-state index is -1.47. The van der Waals surface area contributed by atoms with Crippen molar-refractivity contribution in [3.05, 3.63) is 11.6 Å². The first-order valence-electron chi connectivity index (χ1n) is 14.6. The number of carbonyl (C=O) groups is 2. The van der Waals surface area contributed by atoms with Crippen molar-refractivity contribution in [2.75, 3.05) is 6.61 Å². The summed E-state index contributed by atoms with van der Waals surface area (Å²) in [4.78, 5) is 24.8. The number of cyclic esters (lactones) is 1. The van der Waals surface area contributed by atoms with Crippen LogP contribution in [0.3, 0.4) is 0 Å². The number of hydrogen-bond donors (Lipinski definition) is 6. The van der Waals surface area contributed by atoms with Crippen LogP contribution in [0.25, 0.3) is 0 Å². The van der Waals surface area contributed by atoms with Gasteiger partial charge in [-0.25, -0.2) is 4.79 Å². The molecule has 2 aliphatic heterocycles. The summed E-state index contributed by atoms with van der Waals surface area (Å²) in [6.07, 6.45) is -2.70. The number of esters is 1. The number of aliphatic hydroxyl groups is 6. The van der Waals surface area contributed by atoms with Gasteiger partial charge < -0.3 is 49.6 Å². The zero-order valence-electron chi connectivity index (χ0n) is 23.0. The average Bonchev–Trinajstić information content (AvgIpc) is 3.46. The summed E-state index contributed by atoms with van der Waals surface area (Å²) in [6.45, 7) is 3.61. The van der Waals surface area contributed by atoms with E-state index in [-0.39, 0.29) is 44.1 Å². The third kappa shape index (κ3) is 3.71. The quantitative estimate of drug-likeness (QED) is 0.149. The summed E-state index contributed by atoms with van der Waals surface area (Å²) < 4.78 is 16.8. The van der Waals surface area contributed by atoms with Gasteiger partial charge in [0.2, 0.25) is 0 Å². The number of hydrogen-bond acceptors (Lipinski definition) is 11. The van der Waals surface area contributed by atoms with E-state index in [1.54, 1.807) is 6.92 Å². The lowest BCUT2D eigenvalue weighted by atomic mass is 9.41. The fraction of sp³-hybridized carbons (Fsp3) is 0.862. The standard InChI is InChI=1S/C29H42O11/c1-14-22(33)23(34)24(35)25(39-14)40-16-3-6-27(13-30)19-10-20(31)26(2)17(15-9-21(32)38-12-15)5-8-29(26,37)18(19)4-7-28(27,36)11-16/h9,13-14,16-20,22-25,31,33-37H,3-8,10-12H2,1-2H3/t14-,16+,17+,18+,19-,20-,22-,23-,24-,25+,26+,27+,28+,29+/m1/s1. The summed E-state index contributed by atoms with van der Waals surface area (Å²) in [5, 5.41) is 66.7. The molecule has 0 aromatic rings. The van der Waals surface area contributed by atoms with Gasteiger partial charge in [0.15, 0.2) is 6.29 Å². The molecule has 0 bridgehead atoms. The van der Waals surface area contributed by atoms with Crippen LogP contribution in [0.15, 0.2) is 11.6 Å². The number of ether oxygens (including phenoxy) is 3. The normalized spacial score (nSPS) is 56.0. The monoisotopic (exact) mass is 566 g/mol. The van der Waals surface area contributed by atoms with E-state index in [0.717, 1.165) is 11.9 Å². The summed E-state index contributed by atoms with van der Waals surface area (Å²) in [5.74, 6) is -1.42. The zero-order chi connectivity index (χ0) is 28.8. The molecule has 4 aliphatic carbocycles. The molecule has 11 nitrogen and oxygen atoms in total. The highest BCUT2D eigenvalue weighted by molar-refractivity contribution is 5.85. The van der Waals surface area contributed by atoms with Crippen LogP contribution >= 0.6 is 0 Å². The van der Waals surface area contributed by atoms with Crippen LogP contribution in [0.4, 0.5) is 0 Å². The predicted molar refractivity (Wildman–Crippen MR) is 136 cm³/mol. The second-order valence-corrected chi connectivity index (χ2v) is 13.5. The van der Waals surface area contributed by atoms with Gasteiger partial charge in [-0.3, -0.25) is 0 Å². The first-order chi connectivity index (χ1) is 18.8. The third-order valence-electron chi connectivity index (χ3n) is 12.1. The molecule has 0 unspecified atom stereocenters. The first-order valence-corrected chi connectivity index (χ1v) is 14.6. The van der Waals surface area contributed by atoms with Crippen molar-refractivity contribution >= 4 is 12.3 Å². The van der Waals surface area contributed by atoms with Crippen molar-refractivity contribution in [3.63, 3.8) is 0 Å². The van der Waals surface area contributed by atoms with E-state index in [1.165, 1.54) is 6.08 Å². The topological polar surface area (TPSA) is 183 Å². The molecule has 0 radical (unpaired) electrons. The van der Waals surface area contributed by atoms with Crippen LogP contribution in [0, 0.1) is 28.6 Å². The predicted octanol–water partition coefficient (Wildman–Crippen LogP) is -0.279. The highest BCUT2D eigenvalue weighted by Crippen LogP contribution is 2.70. The summed E-state index contributed by atoms with van der Waals surface area (Å²) in [7, 11) is 0. The van der Waals surface area contributed by atoms with Crippen LogP contribution in [0.5, 0.6) is 0 Å². The highest BCUT2D eigenvalue weighted by atomic mass is 16.7. The zero-order valence-corrected chi connectivity index (χ0v) is 23.0. The van der Waals surface area contributed by atoms with Gasteiger partial charge in [-0.2, -0.15) is 0 Å². The van der Waals surface area contributed by atoms with Crippen molar-refractivity contribution in [2.24, 2.45) is 28.6 Å². The molecule has 14 atom stereocenters. The molecule has 11 heteroatoms. The van der Waals surface area contributed by atoms with Gasteiger partial charge in [-0.15, -0.1) is 0 Å². The summed E-state index contributed by atoms with van der Waals surface area (Å²) >= 11 is 0. The molecule has 5 fully saturated rings. The van der Waals surface area contributed by atoms with E-state index in [9.17, 15) is 40.2 Å². The molecule has 40 heavy (non-hydrogen) atoms. The second kappa shape index (κ2) is 9.54. The van der Waals surface area contributed by atoms with Crippen molar-refractivity contribution in [1.29, 1.82) is 0 Å². The molecule has 2 heterocycles. The molecule has 6 N–H and O–H groups in total. The van der Waals surface area contributed by atoms with Gasteiger partial charge in [0.05, 0.1) is 34.9 Å². The minimum absolute atomic E-state index is 0.0926. The number of aliphatic hydroxyl groups excluding tert-OH is 4. The fourth-order valence-electron chi connectivity index (χ4n) is 9.74. The Kier molecular flexibility index (Phi) is 6.83. The molecule has 0 spiro atoms. The van der Waals surface area contributed by atoms with Gasteiger partial charge in [-0.05, 0) is 75.2 Å². The van der Waals surface area contributed by atoms with Gasteiger partial charge in [0.25, 0.3) is 0 Å². The van der Waals surface area contributed by atoms with E-state index < -0.39 is 76.8 Å². The first kappa shape index (κ1) is 28.7. The molecule has 0 aromatic heterocycles. The molecule has 0 amide bonds. The third-order valence-corrected chi connectivity index (χ3v) is 12.1. The lowest BCUT2D eigenvalue weighted by Gasteiger charge is -2.66. The summed E-state index contributed by atoms with van der Waals surface area (Å²) in [6, 6.07) is 0. The Hall–Kier alpha value is -1.44. The molecule has 6 rings (SSSR count). The Bertz CT molecular complexity index is 1080. The molecular formula is C29H42O11. The van der Waals surface area contributed by atoms with Crippen molar-refractivity contribution < 1.29 is 54.4 Å². The Morgan fingerprint density at radius 3 is 2.42 bits per heavy atom. The van der Waals surface area contributed by atoms with Gasteiger partial charge in [0, 0.05) is 17.9 Å². The number of fused-ring (bicyclic) bond motifs is 5. The van der Waals surface area contributed by atoms with Gasteiger partial charge in [0.1, 0.15) is 31.2 Å². The Labute approximate surface area is 233 Å². The van der Waals surface area contributed by atoms with Crippen LogP contribution in [0.1, 0.15) is 65.2 Å². The number of carbonyl (C=O) groups excluding carboxylic acids is 2. The number of rotatable bonds is 4. The molecule has 224 valence electrons. The SMILES string of the molecule is C[C@H]1O[C@@H](O[C@H]2CC[C@]3(C=O)[C@@H]4C[C@@H](O)[C@]5(C)[C@H](C6=CC(=O)OC6)CC[C@]5(O)[C@H]4CC[C@]3(O)C2)[C@H](O)[C@H](O)[C@@H]1O. The lowest BCUT2D eigenvalue weighted by Crippen LogP contribution is -2.71. The van der Waals surface area contributed by atoms with Gasteiger partial charge in [-0.1, -0.05) is 6.92 Å². The maximum atomic E-state index is 13.0. The smallest absolute Gasteiger partial charge is 0.331 e. The van der Waals surface area contributed by atoms with E-state index >= 15 is 0 Å². The lowest BCUT2D eigenvalue weighted by molar-refractivity contribution is -0.319. The van der Waals surface area contributed by atoms with E-state index in [4.69, 9.17) is 14.2 Å². The molecule has 1 saturated heterocycles. The average molecular weight is 567 g/mol. The Balaban J connectivity index is 1.25. The van der Waals surface area contributed by atoms with Crippen LogP contribution in [0.2, 0.25) is 0 Å². The summed E-state index contributed by atoms with van der Waals surface area (Å²) in [5.41, 5.74) is -4.09.